The number of nitrogens with zero attached hydrogens (tertiary/aromatic N) is 3. The Morgan fingerprint density at radius 2 is 1.74 bits per heavy atom. The maximum absolute atomic E-state index is 13.2. The van der Waals surface area contributed by atoms with Gasteiger partial charge in [-0.3, -0.25) is 0 Å². The zero-order valence-electron chi connectivity index (χ0n) is 11.5. The molecule has 0 unspecified atom stereocenters. The van der Waals surface area contributed by atoms with Crippen LogP contribution in [0.25, 0.3) is 5.69 Å². The van der Waals surface area contributed by atoms with Crippen molar-refractivity contribution in [3.05, 3.63) is 66.5 Å². The Labute approximate surface area is 130 Å². The summed E-state index contributed by atoms with van der Waals surface area (Å²) in [5.74, 6) is -2.57. The Hall–Kier alpha value is -2.81. The van der Waals surface area contributed by atoms with Crippen LogP contribution in [0.3, 0.4) is 0 Å². The number of benzene rings is 2. The number of hydrogen-bond donors (Lipinski definition) is 1. The van der Waals surface area contributed by atoms with Crippen molar-refractivity contribution >= 4 is 16.0 Å². The van der Waals surface area contributed by atoms with E-state index in [1.54, 1.807) is 24.3 Å². The molecule has 3 rings (SSSR count). The van der Waals surface area contributed by atoms with Crippen LogP contribution in [0.4, 0.5) is 14.7 Å². The molecule has 1 heterocycles. The van der Waals surface area contributed by atoms with Crippen LogP contribution in [-0.2, 0) is 10.0 Å². The van der Waals surface area contributed by atoms with Crippen molar-refractivity contribution in [3.63, 3.8) is 0 Å². The fourth-order valence-electron chi connectivity index (χ4n) is 1.84. The van der Waals surface area contributed by atoms with Crippen molar-refractivity contribution in [1.82, 2.24) is 14.8 Å². The zero-order chi connectivity index (χ0) is 16.4. The number of para-hydroxylation sites is 1. The average molecular weight is 336 g/mol. The smallest absolute Gasteiger partial charge is 0.246 e. The monoisotopic (exact) mass is 336 g/mol. The normalized spacial score (nSPS) is 11.4. The van der Waals surface area contributed by atoms with Gasteiger partial charge in [-0.25, -0.2) is 26.6 Å². The number of sulfonamides is 1. The molecule has 0 saturated carbocycles. The second-order valence-corrected chi connectivity index (χ2v) is 6.21. The van der Waals surface area contributed by atoms with Crippen LogP contribution in [0.1, 0.15) is 0 Å². The summed E-state index contributed by atoms with van der Waals surface area (Å²) in [6, 6.07) is 11.2. The third kappa shape index (κ3) is 3.19. The standard InChI is InChI=1S/C14H10F2N4O2S/c15-12-7-6-11(8-13(12)16)23(21,22)19-14-17-9-20(18-14)10-4-2-1-3-5-10/h1-9H,(H,18,19). The van der Waals surface area contributed by atoms with Crippen molar-refractivity contribution in [2.24, 2.45) is 0 Å². The van der Waals surface area contributed by atoms with E-state index in [1.165, 1.54) is 11.0 Å². The number of rotatable bonds is 4. The molecule has 0 bridgehead atoms. The van der Waals surface area contributed by atoms with Gasteiger partial charge in [-0.05, 0) is 30.3 Å². The van der Waals surface area contributed by atoms with Crippen LogP contribution in [0.15, 0.2) is 59.8 Å². The van der Waals surface area contributed by atoms with Crippen LogP contribution < -0.4 is 4.72 Å². The Kier molecular flexibility index (Phi) is 3.78. The Morgan fingerprint density at radius 1 is 1.00 bits per heavy atom. The summed E-state index contributed by atoms with van der Waals surface area (Å²) in [6.07, 6.45) is 1.33. The predicted octanol–water partition coefficient (Wildman–Crippen LogP) is 2.35. The van der Waals surface area contributed by atoms with E-state index in [4.69, 9.17) is 0 Å². The number of aromatic nitrogens is 3. The molecule has 0 aliphatic rings. The van der Waals surface area contributed by atoms with Gasteiger partial charge >= 0.3 is 0 Å². The molecular weight excluding hydrogens is 326 g/mol. The van der Waals surface area contributed by atoms with Crippen LogP contribution in [0, 0.1) is 11.6 Å². The molecule has 0 aliphatic carbocycles. The van der Waals surface area contributed by atoms with Gasteiger partial charge < -0.3 is 0 Å². The van der Waals surface area contributed by atoms with Crippen molar-refractivity contribution in [2.75, 3.05) is 4.72 Å². The fourth-order valence-corrected chi connectivity index (χ4v) is 2.80. The largest absolute Gasteiger partial charge is 0.264 e. The minimum absolute atomic E-state index is 0.182. The Morgan fingerprint density at radius 3 is 2.43 bits per heavy atom. The van der Waals surface area contributed by atoms with E-state index in [2.05, 4.69) is 14.8 Å². The third-order valence-electron chi connectivity index (χ3n) is 2.94. The van der Waals surface area contributed by atoms with Crippen LogP contribution >= 0.6 is 0 Å². The molecule has 23 heavy (non-hydrogen) atoms. The SMILES string of the molecule is O=S(=O)(Nc1ncn(-c2ccccc2)n1)c1ccc(F)c(F)c1. The third-order valence-corrected chi connectivity index (χ3v) is 4.27. The summed E-state index contributed by atoms with van der Waals surface area (Å²) in [5, 5.41) is 3.98. The van der Waals surface area contributed by atoms with Gasteiger partial charge in [0.05, 0.1) is 10.6 Å². The zero-order valence-corrected chi connectivity index (χ0v) is 12.3. The van der Waals surface area contributed by atoms with Crippen molar-refractivity contribution < 1.29 is 17.2 Å². The summed E-state index contributed by atoms with van der Waals surface area (Å²) < 4.78 is 53.8. The van der Waals surface area contributed by atoms with Crippen LogP contribution in [0.5, 0.6) is 0 Å². The minimum atomic E-state index is -4.12. The molecule has 2 aromatic carbocycles. The highest BCUT2D eigenvalue weighted by molar-refractivity contribution is 7.92. The maximum Gasteiger partial charge on any atom is 0.264 e. The van der Waals surface area contributed by atoms with E-state index < -0.39 is 26.6 Å². The molecule has 1 aromatic heterocycles. The van der Waals surface area contributed by atoms with Crippen LogP contribution in [-0.4, -0.2) is 23.2 Å². The van der Waals surface area contributed by atoms with Crippen LogP contribution in [0.2, 0.25) is 0 Å². The van der Waals surface area contributed by atoms with Gasteiger partial charge in [0.25, 0.3) is 16.0 Å². The molecule has 9 heteroatoms. The molecule has 6 nitrogen and oxygen atoms in total. The lowest BCUT2D eigenvalue weighted by Crippen LogP contribution is -2.14. The average Bonchev–Trinajstić information content (AvgIpc) is 2.98. The van der Waals surface area contributed by atoms with Gasteiger partial charge in [0.2, 0.25) is 0 Å². The summed E-state index contributed by atoms with van der Waals surface area (Å²) >= 11 is 0. The van der Waals surface area contributed by atoms with E-state index in [1.807, 2.05) is 6.07 Å². The first kappa shape index (κ1) is 15.1. The number of anilines is 1. The van der Waals surface area contributed by atoms with E-state index >= 15 is 0 Å². The predicted molar refractivity (Wildman–Crippen MR) is 78.5 cm³/mol. The molecule has 0 spiro atoms. The van der Waals surface area contributed by atoms with Crippen molar-refractivity contribution in [3.8, 4) is 5.69 Å². The lowest BCUT2D eigenvalue weighted by Gasteiger charge is -2.05. The van der Waals surface area contributed by atoms with Gasteiger partial charge in [-0.15, -0.1) is 5.10 Å². The molecule has 0 amide bonds. The maximum atomic E-state index is 13.2. The topological polar surface area (TPSA) is 76.9 Å². The lowest BCUT2D eigenvalue weighted by molar-refractivity contribution is 0.504. The first-order valence-electron chi connectivity index (χ1n) is 6.41. The van der Waals surface area contributed by atoms with E-state index in [0.717, 1.165) is 12.1 Å². The Balaban J connectivity index is 1.86. The summed E-state index contributed by atoms with van der Waals surface area (Å²) in [6.45, 7) is 0. The molecule has 118 valence electrons. The number of nitrogens with one attached hydrogen (secondary N) is 1. The molecule has 0 radical (unpaired) electrons. The van der Waals surface area contributed by atoms with Gasteiger partial charge in [0.15, 0.2) is 11.6 Å². The molecular formula is C14H10F2N4O2S. The van der Waals surface area contributed by atoms with Gasteiger partial charge in [0, 0.05) is 0 Å². The van der Waals surface area contributed by atoms with Gasteiger partial charge in [-0.1, -0.05) is 18.2 Å². The molecule has 1 N–H and O–H groups in total. The Bertz CT molecular complexity index is 942. The lowest BCUT2D eigenvalue weighted by atomic mass is 10.3. The second-order valence-electron chi connectivity index (χ2n) is 4.53. The van der Waals surface area contributed by atoms with Gasteiger partial charge in [-0.2, -0.15) is 4.98 Å². The summed E-state index contributed by atoms with van der Waals surface area (Å²) in [5.41, 5.74) is 0.693. The minimum Gasteiger partial charge on any atom is -0.246 e. The molecule has 3 aromatic rings. The first-order chi connectivity index (χ1) is 11.0. The molecule has 0 aliphatic heterocycles. The van der Waals surface area contributed by atoms with E-state index in [0.29, 0.717) is 11.8 Å². The highest BCUT2D eigenvalue weighted by Gasteiger charge is 2.18. The van der Waals surface area contributed by atoms with E-state index in [9.17, 15) is 17.2 Å². The van der Waals surface area contributed by atoms with Crippen molar-refractivity contribution in [1.29, 1.82) is 0 Å². The molecule has 0 saturated heterocycles. The quantitative estimate of drug-likeness (QED) is 0.793. The highest BCUT2D eigenvalue weighted by Crippen LogP contribution is 2.16. The molecule has 0 atom stereocenters. The second kappa shape index (κ2) is 5.76. The summed E-state index contributed by atoms with van der Waals surface area (Å²) in [4.78, 5) is 3.41. The van der Waals surface area contributed by atoms with Crippen molar-refractivity contribution in [2.45, 2.75) is 4.90 Å². The van der Waals surface area contributed by atoms with Gasteiger partial charge in [0.1, 0.15) is 6.33 Å². The fraction of sp³-hybridized carbons (Fsp3) is 0. The first-order valence-corrected chi connectivity index (χ1v) is 7.89. The number of hydrogen-bond acceptors (Lipinski definition) is 4. The van der Waals surface area contributed by atoms with E-state index in [-0.39, 0.29) is 5.95 Å². The highest BCUT2D eigenvalue weighted by atomic mass is 32.2. The number of halogens is 2. The molecule has 0 fully saturated rings. The summed E-state index contributed by atoms with van der Waals surface area (Å²) in [7, 11) is -4.12.